The van der Waals surface area contributed by atoms with Crippen molar-refractivity contribution < 1.29 is 9.90 Å². The van der Waals surface area contributed by atoms with Gasteiger partial charge in [0, 0.05) is 22.1 Å². The summed E-state index contributed by atoms with van der Waals surface area (Å²) in [6.45, 7) is 3.76. The predicted molar refractivity (Wildman–Crippen MR) is 86.2 cm³/mol. The van der Waals surface area contributed by atoms with Crippen molar-refractivity contribution in [1.29, 1.82) is 0 Å². The fourth-order valence-corrected chi connectivity index (χ4v) is 2.19. The number of anilines is 2. The van der Waals surface area contributed by atoms with Crippen molar-refractivity contribution in [2.45, 2.75) is 13.8 Å². The number of aromatic nitrogens is 1. The SMILES string of the molecule is Cc1cc2cc3cc(C)c(N)cc3nc2cc1N.O=CO. The van der Waals surface area contributed by atoms with Gasteiger partial charge in [0.25, 0.3) is 6.47 Å². The number of aryl methyl sites for hydroxylation is 2. The molecule has 0 saturated heterocycles. The number of nitrogens with zero attached hydrogens (tertiary/aromatic N) is 1. The number of nitrogen functional groups attached to an aromatic ring is 2. The average molecular weight is 283 g/mol. The zero-order valence-corrected chi connectivity index (χ0v) is 11.9. The van der Waals surface area contributed by atoms with Crippen molar-refractivity contribution in [2.75, 3.05) is 11.5 Å². The van der Waals surface area contributed by atoms with Crippen molar-refractivity contribution in [3.05, 3.63) is 41.5 Å². The summed E-state index contributed by atoms with van der Waals surface area (Å²) < 4.78 is 0. The molecule has 0 spiro atoms. The maximum Gasteiger partial charge on any atom is 0.290 e. The molecule has 21 heavy (non-hydrogen) atoms. The molecule has 5 heteroatoms. The van der Waals surface area contributed by atoms with E-state index in [9.17, 15) is 0 Å². The maximum atomic E-state index is 8.36. The van der Waals surface area contributed by atoms with E-state index in [0.29, 0.717) is 0 Å². The largest absolute Gasteiger partial charge is 0.483 e. The molecule has 2 aromatic carbocycles. The second-order valence-corrected chi connectivity index (χ2v) is 4.90. The van der Waals surface area contributed by atoms with Crippen LogP contribution in [0.2, 0.25) is 0 Å². The van der Waals surface area contributed by atoms with Crippen molar-refractivity contribution in [3.8, 4) is 0 Å². The van der Waals surface area contributed by atoms with Gasteiger partial charge in [-0.05, 0) is 55.3 Å². The highest BCUT2D eigenvalue weighted by molar-refractivity contribution is 5.95. The number of hydrogen-bond acceptors (Lipinski definition) is 4. The Kier molecular flexibility index (Phi) is 3.93. The molecule has 0 aliphatic carbocycles. The molecular formula is C16H17N3O2. The molecule has 0 aliphatic rings. The predicted octanol–water partition coefficient (Wildman–Crippen LogP) is 2.87. The van der Waals surface area contributed by atoms with Crippen molar-refractivity contribution in [3.63, 3.8) is 0 Å². The van der Waals surface area contributed by atoms with Crippen LogP contribution in [0.25, 0.3) is 21.8 Å². The van der Waals surface area contributed by atoms with E-state index in [0.717, 1.165) is 44.3 Å². The van der Waals surface area contributed by atoms with Gasteiger partial charge in [-0.15, -0.1) is 0 Å². The van der Waals surface area contributed by atoms with Gasteiger partial charge in [0.1, 0.15) is 0 Å². The van der Waals surface area contributed by atoms with Crippen LogP contribution in [-0.4, -0.2) is 16.6 Å². The monoisotopic (exact) mass is 283 g/mol. The zero-order valence-electron chi connectivity index (χ0n) is 11.9. The topological polar surface area (TPSA) is 102 Å². The lowest BCUT2D eigenvalue weighted by Gasteiger charge is -2.07. The summed E-state index contributed by atoms with van der Waals surface area (Å²) >= 11 is 0. The average Bonchev–Trinajstić information content (AvgIpc) is 2.41. The minimum Gasteiger partial charge on any atom is -0.483 e. The molecule has 108 valence electrons. The van der Waals surface area contributed by atoms with Crippen LogP contribution in [-0.2, 0) is 4.79 Å². The molecule has 3 rings (SSSR count). The van der Waals surface area contributed by atoms with Crippen LogP contribution in [0, 0.1) is 13.8 Å². The van der Waals surface area contributed by atoms with Gasteiger partial charge in [-0.3, -0.25) is 4.79 Å². The van der Waals surface area contributed by atoms with Crippen LogP contribution in [0.3, 0.4) is 0 Å². The van der Waals surface area contributed by atoms with E-state index in [2.05, 4.69) is 23.2 Å². The summed E-state index contributed by atoms with van der Waals surface area (Å²) in [5, 5.41) is 9.11. The molecule has 0 fully saturated rings. The fourth-order valence-electron chi connectivity index (χ4n) is 2.19. The summed E-state index contributed by atoms with van der Waals surface area (Å²) in [4.78, 5) is 13.0. The van der Waals surface area contributed by atoms with Crippen molar-refractivity contribution in [2.24, 2.45) is 0 Å². The van der Waals surface area contributed by atoms with E-state index in [1.807, 2.05) is 26.0 Å². The minimum atomic E-state index is -0.250. The highest BCUT2D eigenvalue weighted by Gasteiger charge is 2.04. The number of pyridine rings is 1. The van der Waals surface area contributed by atoms with Crippen LogP contribution in [0.5, 0.6) is 0 Å². The summed E-state index contributed by atoms with van der Waals surface area (Å²) in [6.07, 6.45) is 0. The number of rotatable bonds is 0. The highest BCUT2D eigenvalue weighted by Crippen LogP contribution is 2.26. The number of carbonyl (C=O) groups is 1. The van der Waals surface area contributed by atoms with Gasteiger partial charge >= 0.3 is 0 Å². The molecule has 1 heterocycles. The molecule has 5 N–H and O–H groups in total. The van der Waals surface area contributed by atoms with Gasteiger partial charge in [-0.25, -0.2) is 4.98 Å². The minimum absolute atomic E-state index is 0.250. The van der Waals surface area contributed by atoms with E-state index < -0.39 is 0 Å². The number of fused-ring (bicyclic) bond motifs is 2. The smallest absolute Gasteiger partial charge is 0.290 e. The molecule has 0 atom stereocenters. The van der Waals surface area contributed by atoms with Crippen LogP contribution >= 0.6 is 0 Å². The van der Waals surface area contributed by atoms with Gasteiger partial charge in [0.15, 0.2) is 0 Å². The highest BCUT2D eigenvalue weighted by atomic mass is 16.3. The Morgan fingerprint density at radius 2 is 1.29 bits per heavy atom. The van der Waals surface area contributed by atoms with Crippen LogP contribution in [0.15, 0.2) is 30.3 Å². The Bertz CT molecular complexity index is 700. The van der Waals surface area contributed by atoms with Crippen molar-refractivity contribution >= 4 is 39.7 Å². The number of benzene rings is 2. The van der Waals surface area contributed by atoms with Gasteiger partial charge in [0.05, 0.1) is 11.0 Å². The summed E-state index contributed by atoms with van der Waals surface area (Å²) in [7, 11) is 0. The molecule has 0 amide bonds. The lowest BCUT2D eigenvalue weighted by atomic mass is 10.1. The third-order valence-electron chi connectivity index (χ3n) is 3.38. The van der Waals surface area contributed by atoms with Crippen LogP contribution in [0.4, 0.5) is 11.4 Å². The molecular weight excluding hydrogens is 266 g/mol. The van der Waals surface area contributed by atoms with Gasteiger partial charge in [-0.2, -0.15) is 0 Å². The van der Waals surface area contributed by atoms with E-state index in [4.69, 9.17) is 21.4 Å². The molecule has 0 saturated carbocycles. The van der Waals surface area contributed by atoms with E-state index in [-0.39, 0.29) is 6.47 Å². The molecule has 3 aromatic rings. The number of nitrogens with two attached hydrogens (primary N) is 2. The summed E-state index contributed by atoms with van der Waals surface area (Å²) in [5.41, 5.74) is 17.4. The molecule has 0 bridgehead atoms. The number of hydrogen-bond donors (Lipinski definition) is 3. The molecule has 0 unspecified atom stereocenters. The number of carboxylic acid groups (broad SMARTS) is 1. The Morgan fingerprint density at radius 1 is 0.905 bits per heavy atom. The fraction of sp³-hybridized carbons (Fsp3) is 0.125. The van der Waals surface area contributed by atoms with E-state index >= 15 is 0 Å². The van der Waals surface area contributed by atoms with Crippen molar-refractivity contribution in [1.82, 2.24) is 4.98 Å². The Balaban J connectivity index is 0.000000497. The summed E-state index contributed by atoms with van der Waals surface area (Å²) in [5.74, 6) is 0. The normalized spacial score (nSPS) is 10.2. The lowest BCUT2D eigenvalue weighted by molar-refractivity contribution is -0.122. The van der Waals surface area contributed by atoms with Crippen LogP contribution in [0.1, 0.15) is 11.1 Å². The molecule has 1 aromatic heterocycles. The molecule has 5 nitrogen and oxygen atoms in total. The second-order valence-electron chi connectivity index (χ2n) is 4.90. The zero-order chi connectivity index (χ0) is 15.6. The first-order valence-electron chi connectivity index (χ1n) is 6.41. The second kappa shape index (κ2) is 5.66. The molecule has 0 aliphatic heterocycles. The first-order valence-corrected chi connectivity index (χ1v) is 6.41. The first kappa shape index (κ1) is 14.6. The van der Waals surface area contributed by atoms with E-state index in [1.165, 1.54) is 0 Å². The Morgan fingerprint density at radius 3 is 1.67 bits per heavy atom. The third-order valence-corrected chi connectivity index (χ3v) is 3.38. The lowest BCUT2D eigenvalue weighted by Crippen LogP contribution is -1.93. The summed E-state index contributed by atoms with van der Waals surface area (Å²) in [6, 6.07) is 10.1. The van der Waals surface area contributed by atoms with Crippen LogP contribution < -0.4 is 11.5 Å². The van der Waals surface area contributed by atoms with Gasteiger partial charge < -0.3 is 16.6 Å². The van der Waals surface area contributed by atoms with Gasteiger partial charge in [-0.1, -0.05) is 0 Å². The van der Waals surface area contributed by atoms with Gasteiger partial charge in [0.2, 0.25) is 0 Å². The maximum absolute atomic E-state index is 8.36. The standard InChI is InChI=1S/C15H15N3.CH2O2/c1-8-3-10-5-11-4-9(2)13(17)7-15(11)18-14(10)6-12(8)16;2-1-3/h3-7H,16-17H2,1-2H3;1H,(H,2,3). The Labute approximate surface area is 122 Å². The van der Waals surface area contributed by atoms with E-state index in [1.54, 1.807) is 0 Å². The Hall–Kier alpha value is -2.82. The molecule has 0 radical (unpaired) electrons. The third kappa shape index (κ3) is 2.86. The quantitative estimate of drug-likeness (QED) is 0.334. The first-order chi connectivity index (χ1) is 9.96.